The molecule has 28 heavy (non-hydrogen) atoms. The summed E-state index contributed by atoms with van der Waals surface area (Å²) in [7, 11) is 1.56. The molecule has 7 nitrogen and oxygen atoms in total. The lowest BCUT2D eigenvalue weighted by atomic mass is 10.0. The van der Waals surface area contributed by atoms with E-state index in [1.807, 2.05) is 6.07 Å². The molecule has 8 heteroatoms. The van der Waals surface area contributed by atoms with Crippen LogP contribution in [0.4, 0.5) is 0 Å². The number of aliphatic hydroxyl groups excluding tert-OH is 1. The van der Waals surface area contributed by atoms with Gasteiger partial charge in [-0.1, -0.05) is 17.7 Å². The van der Waals surface area contributed by atoms with Gasteiger partial charge in [-0.2, -0.15) is 0 Å². The molecule has 1 fully saturated rings. The Kier molecular flexibility index (Phi) is 6.72. The molecular formula is C20H22ClN3O4. The first-order valence-electron chi connectivity index (χ1n) is 8.97. The first-order chi connectivity index (χ1) is 13.5. The van der Waals surface area contributed by atoms with Gasteiger partial charge in [0.05, 0.1) is 30.5 Å². The van der Waals surface area contributed by atoms with Gasteiger partial charge in [-0.15, -0.1) is 0 Å². The van der Waals surface area contributed by atoms with Crippen molar-refractivity contribution in [3.05, 3.63) is 51.9 Å². The van der Waals surface area contributed by atoms with Gasteiger partial charge in [0.1, 0.15) is 5.69 Å². The molecule has 1 amide bonds. The Bertz CT molecular complexity index is 870. The van der Waals surface area contributed by atoms with E-state index in [-0.39, 0.29) is 11.6 Å². The number of hydrogen-bond donors (Lipinski definition) is 1. The molecule has 3 heterocycles. The molecule has 2 aromatic rings. The van der Waals surface area contributed by atoms with E-state index < -0.39 is 12.0 Å². The number of aliphatic hydroxyl groups is 1. The van der Waals surface area contributed by atoms with Crippen molar-refractivity contribution in [2.24, 2.45) is 10.9 Å². The van der Waals surface area contributed by atoms with Crippen LogP contribution in [0.5, 0.6) is 5.88 Å². The topological polar surface area (TPSA) is 93.9 Å². The minimum absolute atomic E-state index is 0.209. The van der Waals surface area contributed by atoms with Crippen LogP contribution in [0.2, 0.25) is 5.02 Å². The van der Waals surface area contributed by atoms with Crippen molar-refractivity contribution in [2.75, 3.05) is 20.3 Å². The Balaban J connectivity index is 1.78. The maximum atomic E-state index is 12.5. The molecule has 0 spiro atoms. The molecule has 1 aliphatic rings. The minimum atomic E-state index is -0.552. The van der Waals surface area contributed by atoms with Crippen LogP contribution >= 0.6 is 11.6 Å². The van der Waals surface area contributed by atoms with Crippen LogP contribution in [-0.2, 0) is 11.2 Å². The van der Waals surface area contributed by atoms with E-state index in [1.54, 1.807) is 32.4 Å². The van der Waals surface area contributed by atoms with Crippen LogP contribution in [-0.4, -0.2) is 53.6 Å². The number of ether oxygens (including phenoxy) is 2. The normalized spacial score (nSPS) is 19.7. The van der Waals surface area contributed by atoms with Gasteiger partial charge in [0.2, 0.25) is 5.88 Å². The second-order valence-electron chi connectivity index (χ2n) is 6.63. The summed E-state index contributed by atoms with van der Waals surface area (Å²) in [6.07, 6.45) is 3.63. The molecule has 0 aromatic carbocycles. The first kappa shape index (κ1) is 20.4. The van der Waals surface area contributed by atoms with Gasteiger partial charge >= 0.3 is 0 Å². The fraction of sp³-hybridized carbons (Fsp3) is 0.400. The summed E-state index contributed by atoms with van der Waals surface area (Å²) in [5, 5.41) is 10.5. The van der Waals surface area contributed by atoms with Gasteiger partial charge in [0.25, 0.3) is 5.91 Å². The Morgan fingerprint density at radius 3 is 3.00 bits per heavy atom. The summed E-state index contributed by atoms with van der Waals surface area (Å²) in [5.41, 5.74) is 2.46. The Morgan fingerprint density at radius 1 is 1.50 bits per heavy atom. The smallest absolute Gasteiger partial charge is 0.295 e. The second kappa shape index (κ2) is 9.23. The molecule has 0 saturated carbocycles. The summed E-state index contributed by atoms with van der Waals surface area (Å²) in [5.74, 6) is -0.248. The Hall–Kier alpha value is -2.35. The fourth-order valence-corrected chi connectivity index (χ4v) is 3.10. The highest BCUT2D eigenvalue weighted by Crippen LogP contribution is 2.24. The summed E-state index contributed by atoms with van der Waals surface area (Å²) in [6, 6.07) is 5.31. The van der Waals surface area contributed by atoms with Gasteiger partial charge < -0.3 is 14.6 Å². The maximum absolute atomic E-state index is 12.5. The van der Waals surface area contributed by atoms with Gasteiger partial charge in [0, 0.05) is 37.4 Å². The zero-order valence-corrected chi connectivity index (χ0v) is 16.5. The third kappa shape index (κ3) is 4.92. The minimum Gasteiger partial charge on any atom is -0.481 e. The van der Waals surface area contributed by atoms with E-state index in [9.17, 15) is 9.90 Å². The zero-order chi connectivity index (χ0) is 20.1. The number of aromatic nitrogens is 2. The van der Waals surface area contributed by atoms with E-state index in [0.29, 0.717) is 42.7 Å². The lowest BCUT2D eigenvalue weighted by molar-refractivity contribution is -0.00911. The number of pyridine rings is 2. The van der Waals surface area contributed by atoms with Crippen LogP contribution in [0.25, 0.3) is 0 Å². The quantitative estimate of drug-likeness (QED) is 0.771. The summed E-state index contributed by atoms with van der Waals surface area (Å²) in [4.78, 5) is 24.9. The molecule has 3 rings (SSSR count). The molecular weight excluding hydrogens is 382 g/mol. The van der Waals surface area contributed by atoms with Crippen molar-refractivity contribution in [1.29, 1.82) is 0 Å². The molecule has 1 saturated heterocycles. The second-order valence-corrected chi connectivity index (χ2v) is 7.01. The number of aliphatic imine (C=N–C) groups is 1. The number of methoxy groups -OCH3 is 1. The van der Waals surface area contributed by atoms with E-state index >= 15 is 0 Å². The van der Waals surface area contributed by atoms with Gasteiger partial charge in [-0.3, -0.25) is 4.79 Å². The van der Waals surface area contributed by atoms with Crippen LogP contribution < -0.4 is 4.74 Å². The molecule has 0 radical (unpaired) electrons. The van der Waals surface area contributed by atoms with Crippen LogP contribution in [0.15, 0.2) is 29.4 Å². The molecule has 1 N–H and O–H groups in total. The van der Waals surface area contributed by atoms with Gasteiger partial charge in [0.15, 0.2) is 0 Å². The summed E-state index contributed by atoms with van der Waals surface area (Å²) >= 11 is 6.39. The van der Waals surface area contributed by atoms with Crippen LogP contribution in [0.3, 0.4) is 0 Å². The number of nitrogens with zero attached hydrogens (tertiary/aromatic N) is 3. The molecule has 0 aliphatic carbocycles. The highest BCUT2D eigenvalue weighted by Gasteiger charge is 2.22. The Morgan fingerprint density at radius 2 is 2.32 bits per heavy atom. The largest absolute Gasteiger partial charge is 0.481 e. The van der Waals surface area contributed by atoms with E-state index in [1.165, 1.54) is 6.21 Å². The number of hydrogen-bond acceptors (Lipinski definition) is 6. The maximum Gasteiger partial charge on any atom is 0.295 e. The highest BCUT2D eigenvalue weighted by molar-refractivity contribution is 6.32. The fourth-order valence-electron chi connectivity index (χ4n) is 2.94. The van der Waals surface area contributed by atoms with Crippen LogP contribution in [0.1, 0.15) is 33.7 Å². The van der Waals surface area contributed by atoms with Crippen molar-refractivity contribution < 1.29 is 19.4 Å². The van der Waals surface area contributed by atoms with Crippen molar-refractivity contribution in [1.82, 2.24) is 9.97 Å². The van der Waals surface area contributed by atoms with E-state index in [4.69, 9.17) is 21.1 Å². The number of rotatable bonds is 5. The van der Waals surface area contributed by atoms with Crippen molar-refractivity contribution in [3.63, 3.8) is 0 Å². The third-order valence-electron chi connectivity index (χ3n) is 4.56. The monoisotopic (exact) mass is 403 g/mol. The average molecular weight is 404 g/mol. The molecule has 2 atom stereocenters. The van der Waals surface area contributed by atoms with Gasteiger partial charge in [-0.25, -0.2) is 15.0 Å². The lowest BCUT2D eigenvalue weighted by Crippen LogP contribution is -2.32. The molecule has 148 valence electrons. The molecule has 0 bridgehead atoms. The number of amides is 1. The van der Waals surface area contributed by atoms with Crippen LogP contribution in [0, 0.1) is 12.8 Å². The standard InChI is InChI=1S/C20H22ClN3O4/c1-12-19(21)14(7-13-3-4-18(27-2)22-9-13)8-16(24-12)20(26)23-10-15-11-28-6-5-17(15)25/h3-4,8-10,15,17,25H,5-7,11H2,1-2H3/t15?,17-/m0/s1. The van der Waals surface area contributed by atoms with Crippen molar-refractivity contribution in [2.45, 2.75) is 25.9 Å². The Labute approximate surface area is 168 Å². The average Bonchev–Trinajstić information content (AvgIpc) is 2.71. The first-order valence-corrected chi connectivity index (χ1v) is 9.35. The van der Waals surface area contributed by atoms with Gasteiger partial charge in [-0.05, 0) is 30.5 Å². The SMILES string of the molecule is COc1ccc(Cc2cc(C(=O)N=CC3COCC[C@@H]3O)nc(C)c2Cl)cn1. The van der Waals surface area contributed by atoms with E-state index in [2.05, 4.69) is 15.0 Å². The molecule has 1 aliphatic heterocycles. The third-order valence-corrected chi connectivity index (χ3v) is 5.08. The number of carbonyl (C=O) groups excluding carboxylic acids is 1. The summed E-state index contributed by atoms with van der Waals surface area (Å²) in [6.45, 7) is 2.61. The number of aryl methyl sites for hydroxylation is 1. The summed E-state index contributed by atoms with van der Waals surface area (Å²) < 4.78 is 10.4. The van der Waals surface area contributed by atoms with E-state index in [0.717, 1.165) is 11.1 Å². The lowest BCUT2D eigenvalue weighted by Gasteiger charge is -2.24. The molecule has 2 aromatic heterocycles. The predicted octanol–water partition coefficient (Wildman–Crippen LogP) is 2.65. The van der Waals surface area contributed by atoms with Crippen molar-refractivity contribution >= 4 is 23.7 Å². The predicted molar refractivity (Wildman–Crippen MR) is 105 cm³/mol. The van der Waals surface area contributed by atoms with Crippen molar-refractivity contribution in [3.8, 4) is 5.88 Å². The number of carbonyl (C=O) groups is 1. The molecule has 1 unspecified atom stereocenters. The zero-order valence-electron chi connectivity index (χ0n) is 15.8. The number of halogens is 1. The highest BCUT2D eigenvalue weighted by atomic mass is 35.5.